The van der Waals surface area contributed by atoms with Crippen LogP contribution in [0.25, 0.3) is 0 Å². The molecular weight excluding hydrogens is 374 g/mol. The van der Waals surface area contributed by atoms with Gasteiger partial charge in [-0.15, -0.1) is 0 Å². The first kappa shape index (κ1) is 18.8. The number of methoxy groups -OCH3 is 1. The van der Waals surface area contributed by atoms with Gasteiger partial charge in [-0.25, -0.2) is 4.79 Å². The number of hydrogen-bond acceptors (Lipinski definition) is 6. The van der Waals surface area contributed by atoms with Crippen LogP contribution in [0.2, 0.25) is 5.02 Å². The fourth-order valence-electron chi connectivity index (χ4n) is 2.49. The molecule has 1 aliphatic heterocycles. The predicted octanol–water partition coefficient (Wildman–Crippen LogP) is 2.59. The van der Waals surface area contributed by atoms with Crippen LogP contribution in [0.1, 0.15) is 15.9 Å². The molecule has 27 heavy (non-hydrogen) atoms. The smallest absolute Gasteiger partial charge is 0.338 e. The highest BCUT2D eigenvalue weighted by Gasteiger charge is 2.21. The lowest BCUT2D eigenvalue weighted by atomic mass is 10.1. The summed E-state index contributed by atoms with van der Waals surface area (Å²) in [6, 6.07) is 10.4. The lowest BCUT2D eigenvalue weighted by molar-refractivity contribution is -0.124. The van der Waals surface area contributed by atoms with Crippen molar-refractivity contribution in [2.45, 2.75) is 6.42 Å². The standard InChI is InChI=1S/C19H18ClNO6/c1-24-14-4-2-12(3-5-14)6-7-21-17(22)10-25-19(23)13-8-15(20)18-16(9-13)26-11-27-18/h2-5,8-9H,6-7,10-11H2,1H3,(H,21,22). The minimum Gasteiger partial charge on any atom is -0.497 e. The largest absolute Gasteiger partial charge is 0.497 e. The Labute approximate surface area is 161 Å². The van der Waals surface area contributed by atoms with Gasteiger partial charge < -0.3 is 24.3 Å². The topological polar surface area (TPSA) is 83.1 Å². The molecule has 1 aliphatic rings. The van der Waals surface area contributed by atoms with Gasteiger partial charge in [0.2, 0.25) is 6.79 Å². The molecule has 1 N–H and O–H groups in total. The highest BCUT2D eigenvalue weighted by atomic mass is 35.5. The molecule has 0 unspecified atom stereocenters. The maximum absolute atomic E-state index is 12.1. The van der Waals surface area contributed by atoms with Gasteiger partial charge in [-0.3, -0.25) is 4.79 Å². The molecule has 1 heterocycles. The van der Waals surface area contributed by atoms with E-state index in [1.807, 2.05) is 24.3 Å². The molecule has 0 aliphatic carbocycles. The number of esters is 1. The fraction of sp³-hybridized carbons (Fsp3) is 0.263. The molecule has 0 aromatic heterocycles. The first-order valence-electron chi connectivity index (χ1n) is 8.22. The van der Waals surface area contributed by atoms with Crippen LogP contribution in [0, 0.1) is 0 Å². The lowest BCUT2D eigenvalue weighted by Gasteiger charge is -2.08. The summed E-state index contributed by atoms with van der Waals surface area (Å²) >= 11 is 6.03. The molecule has 2 aromatic carbocycles. The molecule has 0 fully saturated rings. The molecule has 0 spiro atoms. The number of halogens is 1. The number of carbonyl (C=O) groups is 2. The molecule has 7 nitrogen and oxygen atoms in total. The zero-order valence-electron chi connectivity index (χ0n) is 14.6. The second-order valence-electron chi connectivity index (χ2n) is 5.72. The highest BCUT2D eigenvalue weighted by Crippen LogP contribution is 2.39. The van der Waals surface area contributed by atoms with E-state index < -0.39 is 5.97 Å². The summed E-state index contributed by atoms with van der Waals surface area (Å²) in [5.74, 6) is 0.491. The van der Waals surface area contributed by atoms with E-state index in [2.05, 4.69) is 5.32 Å². The predicted molar refractivity (Wildman–Crippen MR) is 97.6 cm³/mol. The molecule has 2 aromatic rings. The Bertz CT molecular complexity index is 837. The number of nitrogens with one attached hydrogen (secondary N) is 1. The van der Waals surface area contributed by atoms with Gasteiger partial charge in [0.25, 0.3) is 5.91 Å². The number of hydrogen-bond donors (Lipinski definition) is 1. The van der Waals surface area contributed by atoms with Crippen LogP contribution in [0.4, 0.5) is 0 Å². The third kappa shape index (κ3) is 4.83. The maximum atomic E-state index is 12.1. The summed E-state index contributed by atoms with van der Waals surface area (Å²) in [6.07, 6.45) is 0.654. The number of rotatable bonds is 7. The van der Waals surface area contributed by atoms with E-state index in [0.717, 1.165) is 11.3 Å². The van der Waals surface area contributed by atoms with E-state index in [0.29, 0.717) is 24.5 Å². The van der Waals surface area contributed by atoms with Gasteiger partial charge in [-0.05, 0) is 36.2 Å². The van der Waals surface area contributed by atoms with Gasteiger partial charge >= 0.3 is 5.97 Å². The number of benzene rings is 2. The second kappa shape index (κ2) is 8.64. The molecule has 142 valence electrons. The lowest BCUT2D eigenvalue weighted by Crippen LogP contribution is -2.30. The van der Waals surface area contributed by atoms with Crippen LogP contribution >= 0.6 is 11.6 Å². The van der Waals surface area contributed by atoms with Gasteiger partial charge in [-0.2, -0.15) is 0 Å². The van der Waals surface area contributed by atoms with Crippen molar-refractivity contribution in [1.29, 1.82) is 0 Å². The summed E-state index contributed by atoms with van der Waals surface area (Å²) in [5, 5.41) is 2.95. The number of carbonyl (C=O) groups excluding carboxylic acids is 2. The Balaban J connectivity index is 1.43. The summed E-state index contributed by atoms with van der Waals surface area (Å²) < 4.78 is 20.5. The average molecular weight is 392 g/mol. The highest BCUT2D eigenvalue weighted by molar-refractivity contribution is 6.32. The molecule has 0 atom stereocenters. The summed E-state index contributed by atoms with van der Waals surface area (Å²) in [4.78, 5) is 23.9. The van der Waals surface area contributed by atoms with Crippen molar-refractivity contribution in [1.82, 2.24) is 5.32 Å². The molecule has 0 bridgehead atoms. The zero-order valence-corrected chi connectivity index (χ0v) is 15.4. The van der Waals surface area contributed by atoms with Crippen molar-refractivity contribution in [2.24, 2.45) is 0 Å². The molecule has 3 rings (SSSR count). The molecule has 0 saturated heterocycles. The van der Waals surface area contributed by atoms with Gasteiger partial charge in [0.1, 0.15) is 5.75 Å². The summed E-state index contributed by atoms with van der Waals surface area (Å²) in [6.45, 7) is 0.0935. The van der Waals surface area contributed by atoms with Crippen molar-refractivity contribution in [3.05, 3.63) is 52.5 Å². The van der Waals surface area contributed by atoms with Gasteiger partial charge in [0.05, 0.1) is 17.7 Å². The van der Waals surface area contributed by atoms with Crippen LogP contribution in [0.3, 0.4) is 0 Å². The molecular formula is C19H18ClNO6. The first-order valence-corrected chi connectivity index (χ1v) is 8.60. The van der Waals surface area contributed by atoms with Crippen LogP contribution < -0.4 is 19.5 Å². The van der Waals surface area contributed by atoms with E-state index in [1.54, 1.807) is 7.11 Å². The number of ether oxygens (including phenoxy) is 4. The Kier molecular flexibility index (Phi) is 6.03. The van der Waals surface area contributed by atoms with Crippen LogP contribution in [0.5, 0.6) is 17.2 Å². The van der Waals surface area contributed by atoms with E-state index in [9.17, 15) is 9.59 Å². The third-order valence-electron chi connectivity index (χ3n) is 3.89. The van der Waals surface area contributed by atoms with Crippen molar-refractivity contribution in [3.8, 4) is 17.2 Å². The number of fused-ring (bicyclic) bond motifs is 1. The first-order chi connectivity index (χ1) is 13.1. The molecule has 0 saturated carbocycles. The number of amides is 1. The quantitative estimate of drug-likeness (QED) is 0.730. The van der Waals surface area contributed by atoms with Crippen molar-refractivity contribution >= 4 is 23.5 Å². The third-order valence-corrected chi connectivity index (χ3v) is 4.17. The SMILES string of the molecule is COc1ccc(CCNC(=O)COC(=O)c2cc(Cl)c3c(c2)OCO3)cc1. The minimum atomic E-state index is -0.666. The van der Waals surface area contributed by atoms with Crippen molar-refractivity contribution in [2.75, 3.05) is 27.1 Å². The normalized spacial score (nSPS) is 11.8. The van der Waals surface area contributed by atoms with Gasteiger partial charge in [0.15, 0.2) is 18.1 Å². The Morgan fingerprint density at radius 1 is 1.19 bits per heavy atom. The van der Waals surface area contributed by atoms with Gasteiger partial charge in [-0.1, -0.05) is 23.7 Å². The van der Waals surface area contributed by atoms with Crippen molar-refractivity contribution < 1.29 is 28.5 Å². The van der Waals surface area contributed by atoms with Crippen molar-refractivity contribution in [3.63, 3.8) is 0 Å². The average Bonchev–Trinajstić information content (AvgIpc) is 3.16. The van der Waals surface area contributed by atoms with Crippen LogP contribution in [-0.2, 0) is 16.0 Å². The van der Waals surface area contributed by atoms with Crippen LogP contribution in [0.15, 0.2) is 36.4 Å². The molecule has 0 radical (unpaired) electrons. The second-order valence-corrected chi connectivity index (χ2v) is 6.12. The van der Waals surface area contributed by atoms with E-state index >= 15 is 0 Å². The Hall–Kier alpha value is -2.93. The van der Waals surface area contributed by atoms with E-state index in [-0.39, 0.29) is 29.9 Å². The molecule has 8 heteroatoms. The fourth-order valence-corrected chi connectivity index (χ4v) is 2.75. The Morgan fingerprint density at radius 2 is 1.96 bits per heavy atom. The summed E-state index contributed by atoms with van der Waals surface area (Å²) in [7, 11) is 1.61. The summed E-state index contributed by atoms with van der Waals surface area (Å²) in [5.41, 5.74) is 1.25. The van der Waals surface area contributed by atoms with Gasteiger partial charge in [0, 0.05) is 6.54 Å². The monoisotopic (exact) mass is 391 g/mol. The zero-order chi connectivity index (χ0) is 19.2. The molecule has 1 amide bonds. The van der Waals surface area contributed by atoms with E-state index in [4.69, 9.17) is 30.5 Å². The van der Waals surface area contributed by atoms with Crippen LogP contribution in [-0.4, -0.2) is 38.9 Å². The Morgan fingerprint density at radius 3 is 2.70 bits per heavy atom. The minimum absolute atomic E-state index is 0.0458. The van der Waals surface area contributed by atoms with E-state index in [1.165, 1.54) is 12.1 Å². The maximum Gasteiger partial charge on any atom is 0.338 e.